The van der Waals surface area contributed by atoms with E-state index in [0.29, 0.717) is 28.5 Å². The van der Waals surface area contributed by atoms with Crippen LogP contribution < -0.4 is 15.4 Å². The summed E-state index contributed by atoms with van der Waals surface area (Å²) in [6.45, 7) is 0. The summed E-state index contributed by atoms with van der Waals surface area (Å²) in [6, 6.07) is 16.6. The Bertz CT molecular complexity index is 1390. The van der Waals surface area contributed by atoms with Crippen LogP contribution in [-0.4, -0.2) is 32.9 Å². The fourth-order valence-corrected chi connectivity index (χ4v) is 3.38. The zero-order chi connectivity index (χ0) is 21.2. The molecular weight excluding hydrogens is 392 g/mol. The predicted molar refractivity (Wildman–Crippen MR) is 120 cm³/mol. The van der Waals surface area contributed by atoms with Crippen LogP contribution in [0.25, 0.3) is 21.8 Å². The Morgan fingerprint density at radius 3 is 2.77 bits per heavy atom. The SMILES string of the molecule is CNc1ccc(NC(=O)c2cccc3cc(Oc4ncnc5[nH]ccc45)ccc23)cn1. The number of rotatable bonds is 5. The number of H-pyrrole nitrogens is 1. The fraction of sp³-hybridized carbons (Fsp3) is 0.0435. The summed E-state index contributed by atoms with van der Waals surface area (Å²) in [5.41, 5.74) is 1.90. The molecule has 8 heteroatoms. The lowest BCUT2D eigenvalue weighted by Gasteiger charge is -2.10. The Morgan fingerprint density at radius 2 is 1.94 bits per heavy atom. The molecule has 8 nitrogen and oxygen atoms in total. The van der Waals surface area contributed by atoms with Crippen molar-refractivity contribution in [3.05, 3.63) is 78.9 Å². The monoisotopic (exact) mass is 410 g/mol. The van der Waals surface area contributed by atoms with Gasteiger partial charge in [0, 0.05) is 18.8 Å². The molecule has 0 aliphatic rings. The van der Waals surface area contributed by atoms with Crippen molar-refractivity contribution in [3.63, 3.8) is 0 Å². The van der Waals surface area contributed by atoms with Gasteiger partial charge in [-0.15, -0.1) is 0 Å². The topological polar surface area (TPSA) is 105 Å². The van der Waals surface area contributed by atoms with Crippen molar-refractivity contribution >= 4 is 39.2 Å². The Morgan fingerprint density at radius 1 is 1.00 bits per heavy atom. The van der Waals surface area contributed by atoms with Gasteiger partial charge in [0.25, 0.3) is 5.91 Å². The molecule has 2 aromatic carbocycles. The van der Waals surface area contributed by atoms with E-state index in [0.717, 1.165) is 22.0 Å². The van der Waals surface area contributed by atoms with Crippen LogP contribution in [0.15, 0.2) is 73.3 Å². The van der Waals surface area contributed by atoms with Crippen molar-refractivity contribution < 1.29 is 9.53 Å². The molecule has 0 unspecified atom stereocenters. The number of nitrogens with one attached hydrogen (secondary N) is 3. The maximum Gasteiger partial charge on any atom is 0.256 e. The zero-order valence-corrected chi connectivity index (χ0v) is 16.6. The van der Waals surface area contributed by atoms with Crippen molar-refractivity contribution in [2.45, 2.75) is 0 Å². The number of aromatic amines is 1. The first-order valence-corrected chi connectivity index (χ1v) is 9.65. The van der Waals surface area contributed by atoms with Gasteiger partial charge in [0.1, 0.15) is 23.5 Å². The van der Waals surface area contributed by atoms with Crippen LogP contribution in [0.3, 0.4) is 0 Å². The van der Waals surface area contributed by atoms with Gasteiger partial charge in [0.15, 0.2) is 0 Å². The normalized spacial score (nSPS) is 10.9. The molecule has 3 N–H and O–H groups in total. The third kappa shape index (κ3) is 3.62. The number of carbonyl (C=O) groups is 1. The second kappa shape index (κ2) is 7.75. The Kier molecular flexibility index (Phi) is 4.64. The average Bonchev–Trinajstić information content (AvgIpc) is 3.29. The van der Waals surface area contributed by atoms with E-state index in [4.69, 9.17) is 4.74 Å². The molecule has 0 atom stereocenters. The molecular formula is C23H18N6O2. The van der Waals surface area contributed by atoms with Crippen LogP contribution in [0.5, 0.6) is 11.6 Å². The number of ether oxygens (including phenoxy) is 1. The van der Waals surface area contributed by atoms with E-state index in [1.54, 1.807) is 37.6 Å². The quantitative estimate of drug-likeness (QED) is 0.391. The number of benzene rings is 2. The molecule has 0 saturated heterocycles. The first-order valence-electron chi connectivity index (χ1n) is 9.65. The summed E-state index contributed by atoms with van der Waals surface area (Å²) in [6.07, 6.45) is 4.86. The minimum atomic E-state index is -0.205. The summed E-state index contributed by atoms with van der Waals surface area (Å²) in [4.78, 5) is 28.5. The van der Waals surface area contributed by atoms with Gasteiger partial charge in [-0.1, -0.05) is 12.1 Å². The molecule has 5 aromatic rings. The van der Waals surface area contributed by atoms with Gasteiger partial charge in [-0.05, 0) is 53.2 Å². The molecule has 5 rings (SSSR count). The number of hydrogen-bond donors (Lipinski definition) is 3. The van der Waals surface area contributed by atoms with Crippen LogP contribution in [0.4, 0.5) is 11.5 Å². The van der Waals surface area contributed by atoms with Crippen LogP contribution in [0.2, 0.25) is 0 Å². The Hall–Kier alpha value is -4.46. The lowest BCUT2D eigenvalue weighted by molar-refractivity contribution is 0.102. The van der Waals surface area contributed by atoms with Crippen LogP contribution >= 0.6 is 0 Å². The summed E-state index contributed by atoms with van der Waals surface area (Å²) in [7, 11) is 1.79. The highest BCUT2D eigenvalue weighted by Gasteiger charge is 2.12. The van der Waals surface area contributed by atoms with Gasteiger partial charge in [0.2, 0.25) is 5.88 Å². The molecule has 0 radical (unpaired) electrons. The predicted octanol–water partition coefficient (Wildman–Crippen LogP) is 4.59. The lowest BCUT2D eigenvalue weighted by Crippen LogP contribution is -2.12. The molecule has 0 aliphatic carbocycles. The van der Waals surface area contributed by atoms with Crippen molar-refractivity contribution in [1.29, 1.82) is 0 Å². The number of nitrogens with zero attached hydrogens (tertiary/aromatic N) is 3. The third-order valence-electron chi connectivity index (χ3n) is 4.91. The highest BCUT2D eigenvalue weighted by atomic mass is 16.5. The number of fused-ring (bicyclic) bond motifs is 2. The largest absolute Gasteiger partial charge is 0.438 e. The molecule has 0 fully saturated rings. The molecule has 152 valence electrons. The smallest absolute Gasteiger partial charge is 0.256 e. The average molecular weight is 410 g/mol. The van der Waals surface area contributed by atoms with Gasteiger partial charge >= 0.3 is 0 Å². The highest BCUT2D eigenvalue weighted by molar-refractivity contribution is 6.13. The molecule has 1 amide bonds. The van der Waals surface area contributed by atoms with E-state index in [9.17, 15) is 4.79 Å². The van der Waals surface area contributed by atoms with E-state index in [1.807, 2.05) is 36.4 Å². The van der Waals surface area contributed by atoms with E-state index >= 15 is 0 Å². The molecule has 3 heterocycles. The number of amides is 1. The first-order chi connectivity index (χ1) is 15.2. The molecule has 0 spiro atoms. The fourth-order valence-electron chi connectivity index (χ4n) is 3.38. The maximum absolute atomic E-state index is 12.9. The third-order valence-corrected chi connectivity index (χ3v) is 4.91. The number of anilines is 2. The number of hydrogen-bond acceptors (Lipinski definition) is 6. The highest BCUT2D eigenvalue weighted by Crippen LogP contribution is 2.30. The van der Waals surface area contributed by atoms with E-state index in [1.165, 1.54) is 6.33 Å². The number of carbonyl (C=O) groups excluding carboxylic acids is 1. The van der Waals surface area contributed by atoms with Crippen molar-refractivity contribution in [3.8, 4) is 11.6 Å². The molecule has 0 bridgehead atoms. The standard InChI is InChI=1S/C23H18N6O2/c1-24-20-8-5-15(12-26-20)29-22(30)18-4-2-3-14-11-16(6-7-17(14)18)31-23-19-9-10-25-21(19)27-13-28-23/h2-13H,1H3,(H,24,26)(H,29,30)(H,25,27,28). The van der Waals surface area contributed by atoms with Gasteiger partial charge in [-0.2, -0.15) is 0 Å². The van der Waals surface area contributed by atoms with Crippen molar-refractivity contribution in [1.82, 2.24) is 19.9 Å². The summed E-state index contributed by atoms with van der Waals surface area (Å²) < 4.78 is 5.99. The molecule has 3 aromatic heterocycles. The second-order valence-corrected chi connectivity index (χ2v) is 6.85. The molecule has 0 aliphatic heterocycles. The molecule has 0 saturated carbocycles. The van der Waals surface area contributed by atoms with Gasteiger partial charge in [0.05, 0.1) is 17.3 Å². The summed E-state index contributed by atoms with van der Waals surface area (Å²) >= 11 is 0. The summed E-state index contributed by atoms with van der Waals surface area (Å²) in [5.74, 6) is 1.62. The van der Waals surface area contributed by atoms with E-state index < -0.39 is 0 Å². The number of pyridine rings is 1. The first kappa shape index (κ1) is 18.6. The second-order valence-electron chi connectivity index (χ2n) is 6.85. The van der Waals surface area contributed by atoms with Crippen LogP contribution in [0.1, 0.15) is 10.4 Å². The molecule has 31 heavy (non-hydrogen) atoms. The van der Waals surface area contributed by atoms with Gasteiger partial charge in [-0.3, -0.25) is 4.79 Å². The van der Waals surface area contributed by atoms with Crippen molar-refractivity contribution in [2.24, 2.45) is 0 Å². The van der Waals surface area contributed by atoms with Crippen LogP contribution in [-0.2, 0) is 0 Å². The van der Waals surface area contributed by atoms with Crippen molar-refractivity contribution in [2.75, 3.05) is 17.7 Å². The minimum Gasteiger partial charge on any atom is -0.438 e. The lowest BCUT2D eigenvalue weighted by atomic mass is 10.0. The van der Waals surface area contributed by atoms with E-state index in [2.05, 4.69) is 30.6 Å². The summed E-state index contributed by atoms with van der Waals surface area (Å²) in [5, 5.41) is 8.34. The zero-order valence-electron chi connectivity index (χ0n) is 16.6. The minimum absolute atomic E-state index is 0.205. The van der Waals surface area contributed by atoms with Gasteiger partial charge < -0.3 is 20.4 Å². The Balaban J connectivity index is 1.43. The Labute approximate surface area is 177 Å². The maximum atomic E-state index is 12.9. The number of aromatic nitrogens is 4. The van der Waals surface area contributed by atoms with Crippen LogP contribution in [0, 0.1) is 0 Å². The van der Waals surface area contributed by atoms with E-state index in [-0.39, 0.29) is 5.91 Å². The van der Waals surface area contributed by atoms with Gasteiger partial charge in [-0.25, -0.2) is 15.0 Å².